The quantitative estimate of drug-likeness (QED) is 0.610. The van der Waals surface area contributed by atoms with Gasteiger partial charge in [-0.15, -0.1) is 0 Å². The van der Waals surface area contributed by atoms with Crippen molar-refractivity contribution in [2.45, 2.75) is 26.3 Å². The van der Waals surface area contributed by atoms with E-state index in [0.29, 0.717) is 12.5 Å². The van der Waals surface area contributed by atoms with E-state index in [1.165, 1.54) is 17.7 Å². The summed E-state index contributed by atoms with van der Waals surface area (Å²) >= 11 is -1.99. The van der Waals surface area contributed by atoms with Gasteiger partial charge in [0, 0.05) is 0 Å². The Hall–Kier alpha value is -0.757. The van der Waals surface area contributed by atoms with Crippen LogP contribution in [0.2, 0.25) is 0 Å². The molecule has 1 nitrogen and oxygen atoms in total. The van der Waals surface area contributed by atoms with Crippen molar-refractivity contribution in [3.63, 3.8) is 0 Å². The molecule has 2 aromatic carbocycles. The number of hydrogen-bond acceptors (Lipinski definition) is 1. The maximum atomic E-state index is 13.4. The van der Waals surface area contributed by atoms with Gasteiger partial charge in [0.05, 0.1) is 0 Å². The molecule has 0 saturated heterocycles. The van der Waals surface area contributed by atoms with Crippen LogP contribution < -0.4 is 5.32 Å². The molecule has 0 saturated carbocycles. The first-order valence-corrected chi connectivity index (χ1v) is 12.4. The van der Waals surface area contributed by atoms with Crippen molar-refractivity contribution < 1.29 is 17.9 Å². The van der Waals surface area contributed by atoms with Crippen LogP contribution in [0.25, 0.3) is 0 Å². The Labute approximate surface area is 144 Å². The van der Waals surface area contributed by atoms with Gasteiger partial charge >= 0.3 is 144 Å². The molecule has 0 aliphatic rings. The van der Waals surface area contributed by atoms with Crippen molar-refractivity contribution >= 4 is 29.7 Å². The third-order valence-electron chi connectivity index (χ3n) is 3.35. The van der Waals surface area contributed by atoms with Crippen LogP contribution in [-0.2, 0) is 20.1 Å². The van der Waals surface area contributed by atoms with Gasteiger partial charge in [-0.1, -0.05) is 0 Å². The van der Waals surface area contributed by atoms with E-state index in [-0.39, 0.29) is 5.82 Å². The number of nitrogens with one attached hydrogen (secondary N) is 1. The molecule has 0 bridgehead atoms. The molecule has 0 atom stereocenters. The summed E-state index contributed by atoms with van der Waals surface area (Å²) in [6.45, 7) is 4.93. The first-order chi connectivity index (χ1) is 10.5. The van der Waals surface area contributed by atoms with Crippen LogP contribution in [0.15, 0.2) is 42.5 Å². The number of hydrogen-bond donors (Lipinski definition) is 1. The predicted molar refractivity (Wildman–Crippen MR) is 91.1 cm³/mol. The summed E-state index contributed by atoms with van der Waals surface area (Å²) in [5.74, 6) is 0.159. The van der Waals surface area contributed by atoms with E-state index in [4.69, 9.17) is 19.4 Å². The zero-order chi connectivity index (χ0) is 16.1. The van der Waals surface area contributed by atoms with Gasteiger partial charge in [0.15, 0.2) is 0 Å². The summed E-state index contributed by atoms with van der Waals surface area (Å²) in [6.07, 6.45) is 0. The molecule has 0 aliphatic heterocycles. The number of para-hydroxylation sites is 1. The average molecular weight is 427 g/mol. The second-order valence-corrected chi connectivity index (χ2v) is 11.0. The summed E-state index contributed by atoms with van der Waals surface area (Å²) in [4.78, 5) is 0. The monoisotopic (exact) mass is 427 g/mol. The van der Waals surface area contributed by atoms with Crippen molar-refractivity contribution in [1.82, 2.24) is 0 Å². The van der Waals surface area contributed by atoms with Crippen LogP contribution >= 0.6 is 19.4 Å². The predicted octanol–water partition coefficient (Wildman–Crippen LogP) is 5.64. The zero-order valence-corrected chi connectivity index (χ0v) is 15.6. The molecule has 2 rings (SSSR count). The average Bonchev–Trinajstić information content (AvgIpc) is 2.46. The fraction of sp³-hybridized carbons (Fsp3) is 0.235. The zero-order valence-electron chi connectivity index (χ0n) is 12.4. The van der Waals surface area contributed by atoms with Crippen molar-refractivity contribution in [3.8, 4) is 0 Å². The SMILES string of the molecule is CC(C)c1ccccc1NCc1ccc(F)cc1[CH]=[Ru]([Cl])[Cl]. The molecule has 0 heterocycles. The van der Waals surface area contributed by atoms with Crippen LogP contribution in [0.5, 0.6) is 0 Å². The molecule has 0 aromatic heterocycles. The van der Waals surface area contributed by atoms with E-state index < -0.39 is 13.5 Å². The van der Waals surface area contributed by atoms with Gasteiger partial charge in [-0.25, -0.2) is 0 Å². The molecule has 2 aromatic rings. The van der Waals surface area contributed by atoms with E-state index in [1.54, 1.807) is 10.7 Å². The van der Waals surface area contributed by atoms with Crippen molar-refractivity contribution in [1.29, 1.82) is 0 Å². The van der Waals surface area contributed by atoms with Crippen molar-refractivity contribution in [2.75, 3.05) is 5.32 Å². The second-order valence-electron chi connectivity index (χ2n) is 5.25. The van der Waals surface area contributed by atoms with Gasteiger partial charge < -0.3 is 0 Å². The maximum absolute atomic E-state index is 13.4. The molecule has 22 heavy (non-hydrogen) atoms. The van der Waals surface area contributed by atoms with Crippen LogP contribution in [0.1, 0.15) is 36.5 Å². The molecule has 0 fully saturated rings. The summed E-state index contributed by atoms with van der Waals surface area (Å²) in [5, 5.41) is 3.43. The molecule has 0 radical (unpaired) electrons. The van der Waals surface area contributed by atoms with E-state index in [9.17, 15) is 4.39 Å². The number of benzene rings is 2. The Kier molecular flexibility index (Phi) is 6.55. The standard InChI is InChI=1S/C17H18FN.2ClH.Ru/c1-12(2)16-6-4-5-7-17(16)19-11-14-8-9-15(18)10-13(14)3;;;/h3-10,12,19H,11H2,1-2H3;2*1H;/q;;;+2/p-2. The molecule has 0 spiro atoms. The van der Waals surface area contributed by atoms with E-state index in [0.717, 1.165) is 16.8 Å². The summed E-state index contributed by atoms with van der Waals surface area (Å²) in [7, 11) is 11.9. The van der Waals surface area contributed by atoms with Gasteiger partial charge in [0.25, 0.3) is 0 Å². The van der Waals surface area contributed by atoms with E-state index in [1.807, 2.05) is 12.1 Å². The number of rotatable bonds is 5. The van der Waals surface area contributed by atoms with Gasteiger partial charge in [-0.2, -0.15) is 0 Å². The van der Waals surface area contributed by atoms with Crippen molar-refractivity contribution in [3.05, 3.63) is 65.0 Å². The topological polar surface area (TPSA) is 12.0 Å². The summed E-state index contributed by atoms with van der Waals surface area (Å²) in [5.41, 5.74) is 4.12. The fourth-order valence-corrected chi connectivity index (χ4v) is 4.12. The Morgan fingerprint density at radius 3 is 2.59 bits per heavy atom. The van der Waals surface area contributed by atoms with Crippen LogP contribution in [-0.4, -0.2) is 4.61 Å². The van der Waals surface area contributed by atoms with E-state index in [2.05, 4.69) is 31.3 Å². The third-order valence-corrected chi connectivity index (χ3v) is 5.18. The molecule has 5 heteroatoms. The van der Waals surface area contributed by atoms with E-state index >= 15 is 0 Å². The molecular weight excluding hydrogens is 409 g/mol. The normalized spacial score (nSPS) is 11.5. The van der Waals surface area contributed by atoms with Gasteiger partial charge in [-0.05, 0) is 0 Å². The Morgan fingerprint density at radius 2 is 1.91 bits per heavy atom. The molecule has 0 unspecified atom stereocenters. The van der Waals surface area contributed by atoms with Gasteiger partial charge in [0.1, 0.15) is 0 Å². The molecular formula is C17H18Cl2FNRu. The minimum absolute atomic E-state index is 0.277. The molecule has 120 valence electrons. The Balaban J connectivity index is 2.24. The Bertz CT molecular complexity index is 682. The first-order valence-electron chi connectivity index (χ1n) is 6.91. The summed E-state index contributed by atoms with van der Waals surface area (Å²) < 4.78 is 15.2. The van der Waals surface area contributed by atoms with Crippen LogP contribution in [0, 0.1) is 5.82 Å². The van der Waals surface area contributed by atoms with Crippen LogP contribution in [0.4, 0.5) is 10.1 Å². The number of anilines is 1. The van der Waals surface area contributed by atoms with Gasteiger partial charge in [-0.3, -0.25) is 0 Å². The van der Waals surface area contributed by atoms with Crippen LogP contribution in [0.3, 0.4) is 0 Å². The molecule has 0 aliphatic carbocycles. The first kappa shape index (κ1) is 17.6. The summed E-state index contributed by atoms with van der Waals surface area (Å²) in [6, 6.07) is 12.9. The molecule has 0 amide bonds. The Morgan fingerprint density at radius 1 is 1.18 bits per heavy atom. The third kappa shape index (κ3) is 4.88. The minimum atomic E-state index is -1.99. The molecule has 1 N–H and O–H groups in total. The second kappa shape index (κ2) is 8.20. The fourth-order valence-electron chi connectivity index (χ4n) is 2.26. The van der Waals surface area contributed by atoms with Gasteiger partial charge in [0.2, 0.25) is 0 Å². The van der Waals surface area contributed by atoms with Crippen molar-refractivity contribution in [2.24, 2.45) is 0 Å². The number of halogens is 3.